The van der Waals surface area contributed by atoms with E-state index in [2.05, 4.69) is 26.8 Å². The molecule has 0 heterocycles. The molecule has 14 heavy (non-hydrogen) atoms. The Morgan fingerprint density at radius 3 is 2.57 bits per heavy atom. The maximum absolute atomic E-state index is 5.70. The van der Waals surface area contributed by atoms with Crippen LogP contribution in [0.1, 0.15) is 27.2 Å². The Hall–Kier alpha value is -0.630. The van der Waals surface area contributed by atoms with Crippen molar-refractivity contribution in [3.8, 4) is 0 Å². The Morgan fingerprint density at radius 1 is 1.29 bits per heavy atom. The summed E-state index contributed by atoms with van der Waals surface area (Å²) in [6, 6.07) is 8.08. The summed E-state index contributed by atoms with van der Waals surface area (Å²) in [6.45, 7) is 6.81. The fourth-order valence-electron chi connectivity index (χ4n) is 1.08. The van der Waals surface area contributed by atoms with Crippen LogP contribution in [0.15, 0.2) is 29.2 Å². The SMILES string of the molecule is CC(C)(C)CCSc1cccc(N)c1. The maximum atomic E-state index is 5.70. The van der Waals surface area contributed by atoms with E-state index in [1.165, 1.54) is 11.3 Å². The summed E-state index contributed by atoms with van der Waals surface area (Å²) in [5, 5.41) is 0. The van der Waals surface area contributed by atoms with E-state index in [0.29, 0.717) is 5.41 Å². The molecule has 1 rings (SSSR count). The van der Waals surface area contributed by atoms with Crippen molar-refractivity contribution in [2.24, 2.45) is 5.41 Å². The number of rotatable bonds is 3. The Morgan fingerprint density at radius 2 is 2.00 bits per heavy atom. The average molecular weight is 209 g/mol. The topological polar surface area (TPSA) is 26.0 Å². The van der Waals surface area contributed by atoms with Crippen molar-refractivity contribution in [1.82, 2.24) is 0 Å². The lowest BCUT2D eigenvalue weighted by Crippen LogP contribution is -2.05. The molecule has 78 valence electrons. The van der Waals surface area contributed by atoms with Crippen LogP contribution in [0.4, 0.5) is 5.69 Å². The molecule has 0 fully saturated rings. The van der Waals surface area contributed by atoms with Crippen LogP contribution in [-0.2, 0) is 0 Å². The van der Waals surface area contributed by atoms with Gasteiger partial charge in [-0.15, -0.1) is 11.8 Å². The molecule has 2 heteroatoms. The minimum absolute atomic E-state index is 0.424. The first-order valence-corrected chi connectivity index (χ1v) is 5.94. The third-order valence-corrected chi connectivity index (χ3v) is 2.97. The second kappa shape index (κ2) is 4.74. The molecule has 0 radical (unpaired) electrons. The van der Waals surface area contributed by atoms with Gasteiger partial charge in [-0.25, -0.2) is 0 Å². The molecular formula is C12H19NS. The molecule has 0 amide bonds. The maximum Gasteiger partial charge on any atom is 0.0325 e. The third-order valence-electron chi connectivity index (χ3n) is 1.98. The first kappa shape index (κ1) is 11.4. The zero-order chi connectivity index (χ0) is 10.6. The average Bonchev–Trinajstić information content (AvgIpc) is 2.01. The number of nitrogens with two attached hydrogens (primary N) is 1. The summed E-state index contributed by atoms with van der Waals surface area (Å²) in [5.74, 6) is 1.16. The Kier molecular flexibility index (Phi) is 3.87. The Bertz CT molecular complexity index is 289. The lowest BCUT2D eigenvalue weighted by Gasteiger charge is -2.17. The van der Waals surface area contributed by atoms with Crippen LogP contribution in [0.3, 0.4) is 0 Å². The van der Waals surface area contributed by atoms with E-state index in [4.69, 9.17) is 5.73 Å². The highest BCUT2D eigenvalue weighted by molar-refractivity contribution is 7.99. The first-order valence-electron chi connectivity index (χ1n) is 4.96. The fourth-order valence-corrected chi connectivity index (χ4v) is 2.42. The van der Waals surface area contributed by atoms with Crippen LogP contribution in [0, 0.1) is 5.41 Å². The molecule has 0 saturated heterocycles. The van der Waals surface area contributed by atoms with Gasteiger partial charge in [-0.2, -0.15) is 0 Å². The van der Waals surface area contributed by atoms with Crippen LogP contribution in [0.5, 0.6) is 0 Å². The molecule has 0 aromatic heterocycles. The van der Waals surface area contributed by atoms with Crippen molar-refractivity contribution in [3.05, 3.63) is 24.3 Å². The highest BCUT2D eigenvalue weighted by Gasteiger charge is 2.09. The largest absolute Gasteiger partial charge is 0.399 e. The fraction of sp³-hybridized carbons (Fsp3) is 0.500. The molecule has 0 unspecified atom stereocenters. The van der Waals surface area contributed by atoms with Crippen LogP contribution in [0.2, 0.25) is 0 Å². The van der Waals surface area contributed by atoms with E-state index in [-0.39, 0.29) is 0 Å². The summed E-state index contributed by atoms with van der Waals surface area (Å²) in [5.41, 5.74) is 6.98. The molecule has 0 aliphatic heterocycles. The highest BCUT2D eigenvalue weighted by atomic mass is 32.2. The lowest BCUT2D eigenvalue weighted by atomic mass is 9.94. The van der Waals surface area contributed by atoms with Crippen molar-refractivity contribution in [2.45, 2.75) is 32.1 Å². The van der Waals surface area contributed by atoms with Crippen LogP contribution < -0.4 is 5.73 Å². The number of anilines is 1. The van der Waals surface area contributed by atoms with E-state index in [1.807, 2.05) is 30.0 Å². The van der Waals surface area contributed by atoms with Gasteiger partial charge in [0.1, 0.15) is 0 Å². The molecule has 0 aliphatic rings. The number of nitrogen functional groups attached to an aromatic ring is 1. The minimum atomic E-state index is 0.424. The van der Waals surface area contributed by atoms with Gasteiger partial charge in [0.05, 0.1) is 0 Å². The molecule has 0 saturated carbocycles. The second-order valence-corrected chi connectivity index (χ2v) is 5.90. The monoisotopic (exact) mass is 209 g/mol. The lowest BCUT2D eigenvalue weighted by molar-refractivity contribution is 0.401. The van der Waals surface area contributed by atoms with Crippen molar-refractivity contribution < 1.29 is 0 Å². The quantitative estimate of drug-likeness (QED) is 0.605. The van der Waals surface area contributed by atoms with Crippen LogP contribution in [-0.4, -0.2) is 5.75 Å². The van der Waals surface area contributed by atoms with E-state index < -0.39 is 0 Å². The molecule has 0 bridgehead atoms. The highest BCUT2D eigenvalue weighted by Crippen LogP contribution is 2.26. The van der Waals surface area contributed by atoms with Gasteiger partial charge < -0.3 is 5.73 Å². The van der Waals surface area contributed by atoms with Gasteiger partial charge >= 0.3 is 0 Å². The predicted molar refractivity (Wildman–Crippen MR) is 65.7 cm³/mol. The molecule has 0 spiro atoms. The van der Waals surface area contributed by atoms with Crippen molar-refractivity contribution in [3.63, 3.8) is 0 Å². The summed E-state index contributed by atoms with van der Waals surface area (Å²) in [6.07, 6.45) is 1.23. The van der Waals surface area contributed by atoms with E-state index in [1.54, 1.807) is 0 Å². The van der Waals surface area contributed by atoms with Gasteiger partial charge in [-0.3, -0.25) is 0 Å². The number of benzene rings is 1. The van der Waals surface area contributed by atoms with Gasteiger partial charge in [0, 0.05) is 10.6 Å². The van der Waals surface area contributed by atoms with Gasteiger partial charge in [0.15, 0.2) is 0 Å². The van der Waals surface area contributed by atoms with Gasteiger partial charge in [0.2, 0.25) is 0 Å². The van der Waals surface area contributed by atoms with Crippen molar-refractivity contribution >= 4 is 17.4 Å². The van der Waals surface area contributed by atoms with Gasteiger partial charge in [-0.05, 0) is 35.8 Å². The molecule has 2 N–H and O–H groups in total. The zero-order valence-corrected chi connectivity index (χ0v) is 10.0. The minimum Gasteiger partial charge on any atom is -0.399 e. The second-order valence-electron chi connectivity index (χ2n) is 4.73. The number of hydrogen-bond donors (Lipinski definition) is 1. The summed E-state index contributed by atoms with van der Waals surface area (Å²) in [4.78, 5) is 1.27. The van der Waals surface area contributed by atoms with E-state index >= 15 is 0 Å². The standard InChI is InChI=1S/C12H19NS/c1-12(2,3)7-8-14-11-6-4-5-10(13)9-11/h4-6,9H,7-8,13H2,1-3H3. The van der Waals surface area contributed by atoms with Crippen molar-refractivity contribution in [1.29, 1.82) is 0 Å². The zero-order valence-electron chi connectivity index (χ0n) is 9.21. The molecule has 1 nitrogen and oxygen atoms in total. The molecular weight excluding hydrogens is 190 g/mol. The Balaban J connectivity index is 2.39. The molecule has 1 aromatic rings. The number of hydrogen-bond acceptors (Lipinski definition) is 2. The van der Waals surface area contributed by atoms with Crippen LogP contribution >= 0.6 is 11.8 Å². The van der Waals surface area contributed by atoms with E-state index in [9.17, 15) is 0 Å². The third kappa shape index (κ3) is 4.56. The summed E-state index contributed by atoms with van der Waals surface area (Å²) >= 11 is 1.88. The number of thioether (sulfide) groups is 1. The summed E-state index contributed by atoms with van der Waals surface area (Å²) in [7, 11) is 0. The predicted octanol–water partition coefficient (Wildman–Crippen LogP) is 3.80. The molecule has 0 aliphatic carbocycles. The van der Waals surface area contributed by atoms with Crippen LogP contribution in [0.25, 0.3) is 0 Å². The molecule has 0 atom stereocenters. The smallest absolute Gasteiger partial charge is 0.0325 e. The first-order chi connectivity index (χ1) is 6.47. The van der Waals surface area contributed by atoms with E-state index in [0.717, 1.165) is 11.4 Å². The van der Waals surface area contributed by atoms with Gasteiger partial charge in [-0.1, -0.05) is 26.8 Å². The van der Waals surface area contributed by atoms with Crippen molar-refractivity contribution in [2.75, 3.05) is 11.5 Å². The molecule has 1 aromatic carbocycles. The van der Waals surface area contributed by atoms with Gasteiger partial charge in [0.25, 0.3) is 0 Å². The normalized spacial score (nSPS) is 11.6. The summed E-state index contributed by atoms with van der Waals surface area (Å²) < 4.78 is 0. The Labute approximate surface area is 91.1 Å².